The zero-order valence-corrected chi connectivity index (χ0v) is 19.8. The van der Waals surface area contributed by atoms with Gasteiger partial charge in [0.25, 0.3) is 5.91 Å². The molecule has 0 bridgehead atoms. The highest BCUT2D eigenvalue weighted by atomic mass is 16.5. The lowest BCUT2D eigenvalue weighted by atomic mass is 9.98. The molecule has 0 radical (unpaired) electrons. The first kappa shape index (κ1) is 23.3. The first-order valence-electron chi connectivity index (χ1n) is 11.7. The summed E-state index contributed by atoms with van der Waals surface area (Å²) in [5.74, 6) is -0.343. The van der Waals surface area contributed by atoms with Crippen LogP contribution in [0.25, 0.3) is 0 Å². The van der Waals surface area contributed by atoms with E-state index in [0.29, 0.717) is 30.5 Å². The summed E-state index contributed by atoms with van der Waals surface area (Å²) in [5, 5.41) is 8.80. The maximum Gasteiger partial charge on any atom is 0.338 e. The molecule has 8 nitrogen and oxygen atoms in total. The summed E-state index contributed by atoms with van der Waals surface area (Å²) in [5.41, 5.74) is 4.52. The Morgan fingerprint density at radius 2 is 1.81 bits per heavy atom. The van der Waals surface area contributed by atoms with Crippen LogP contribution in [-0.4, -0.2) is 42.2 Å². The van der Waals surface area contributed by atoms with Crippen molar-refractivity contribution < 1.29 is 23.9 Å². The van der Waals surface area contributed by atoms with Crippen LogP contribution in [0.2, 0.25) is 0 Å². The van der Waals surface area contributed by atoms with E-state index in [1.165, 1.54) is 5.01 Å². The van der Waals surface area contributed by atoms with Gasteiger partial charge >= 0.3 is 5.97 Å². The van der Waals surface area contributed by atoms with Gasteiger partial charge in [-0.2, -0.15) is 5.10 Å². The van der Waals surface area contributed by atoms with Crippen LogP contribution >= 0.6 is 0 Å². The Kier molecular flexibility index (Phi) is 6.49. The van der Waals surface area contributed by atoms with Gasteiger partial charge < -0.3 is 14.8 Å². The standard InChI is InChI=1S/C28H25N3O5/c1-35-22-11-7-19(8-12-22)25-16-24(18-5-3-2-4-6-18)30-31(25)27(33)17-36-28(34)21-9-13-23-20(15-21)10-14-26(32)29-23/h2-9,11-13,15,25H,10,14,16-17H2,1H3,(H,29,32). The smallest absolute Gasteiger partial charge is 0.338 e. The summed E-state index contributed by atoms with van der Waals surface area (Å²) >= 11 is 0. The molecule has 3 aromatic carbocycles. The number of nitrogens with one attached hydrogen (secondary N) is 1. The number of anilines is 1. The SMILES string of the molecule is COc1ccc(C2CC(c3ccccc3)=NN2C(=O)COC(=O)c2ccc3c(c2)CCC(=O)N3)cc1. The molecule has 182 valence electrons. The third-order valence-electron chi connectivity index (χ3n) is 6.34. The molecule has 0 aliphatic carbocycles. The molecule has 8 heteroatoms. The van der Waals surface area contributed by atoms with E-state index >= 15 is 0 Å². The van der Waals surface area contributed by atoms with Crippen molar-refractivity contribution in [1.82, 2.24) is 5.01 Å². The number of ether oxygens (including phenoxy) is 2. The Balaban J connectivity index is 1.32. The van der Waals surface area contributed by atoms with Crippen molar-refractivity contribution in [3.63, 3.8) is 0 Å². The van der Waals surface area contributed by atoms with Crippen LogP contribution in [0.1, 0.15) is 45.9 Å². The molecule has 0 spiro atoms. The first-order chi connectivity index (χ1) is 17.5. The van der Waals surface area contributed by atoms with Crippen LogP contribution < -0.4 is 10.1 Å². The fraction of sp³-hybridized carbons (Fsp3) is 0.214. The molecule has 2 aliphatic rings. The number of carbonyl (C=O) groups is 3. The molecule has 3 aromatic rings. The Morgan fingerprint density at radius 3 is 2.56 bits per heavy atom. The number of rotatable bonds is 6. The molecule has 1 atom stereocenters. The molecule has 36 heavy (non-hydrogen) atoms. The predicted molar refractivity (Wildman–Crippen MR) is 134 cm³/mol. The summed E-state index contributed by atoms with van der Waals surface area (Å²) in [4.78, 5) is 37.5. The van der Waals surface area contributed by atoms with Crippen molar-refractivity contribution in [2.24, 2.45) is 5.10 Å². The van der Waals surface area contributed by atoms with Gasteiger partial charge in [-0.1, -0.05) is 42.5 Å². The van der Waals surface area contributed by atoms with Gasteiger partial charge in [-0.25, -0.2) is 9.80 Å². The third kappa shape index (κ3) is 4.84. The molecular weight excluding hydrogens is 458 g/mol. The number of hydrogen-bond donors (Lipinski definition) is 1. The van der Waals surface area contributed by atoms with E-state index in [0.717, 1.165) is 28.2 Å². The van der Waals surface area contributed by atoms with Crippen molar-refractivity contribution in [1.29, 1.82) is 0 Å². The summed E-state index contributed by atoms with van der Waals surface area (Å²) in [6.45, 7) is -0.440. The number of nitrogens with zero attached hydrogens (tertiary/aromatic N) is 2. The molecule has 2 aliphatic heterocycles. The fourth-order valence-electron chi connectivity index (χ4n) is 4.42. The van der Waals surface area contributed by atoms with Crippen molar-refractivity contribution in [3.8, 4) is 5.75 Å². The van der Waals surface area contributed by atoms with E-state index in [-0.39, 0.29) is 11.9 Å². The van der Waals surface area contributed by atoms with Crippen LogP contribution in [0.3, 0.4) is 0 Å². The molecule has 1 N–H and O–H groups in total. The maximum atomic E-state index is 13.2. The zero-order chi connectivity index (χ0) is 25.1. The molecule has 0 saturated carbocycles. The van der Waals surface area contributed by atoms with Gasteiger partial charge in [-0.15, -0.1) is 0 Å². The number of amides is 2. The van der Waals surface area contributed by atoms with E-state index < -0.39 is 18.5 Å². The van der Waals surface area contributed by atoms with Gasteiger partial charge in [-0.05, 0) is 53.4 Å². The Bertz CT molecular complexity index is 1340. The van der Waals surface area contributed by atoms with Crippen LogP contribution in [0.15, 0.2) is 77.9 Å². The second kappa shape index (κ2) is 10.0. The van der Waals surface area contributed by atoms with Crippen LogP contribution in [0.4, 0.5) is 5.69 Å². The van der Waals surface area contributed by atoms with Gasteiger partial charge in [0.2, 0.25) is 5.91 Å². The highest BCUT2D eigenvalue weighted by Crippen LogP contribution is 2.33. The van der Waals surface area contributed by atoms with Gasteiger partial charge in [-0.3, -0.25) is 9.59 Å². The van der Waals surface area contributed by atoms with Crippen molar-refractivity contribution in [2.75, 3.05) is 19.0 Å². The van der Waals surface area contributed by atoms with E-state index in [4.69, 9.17) is 9.47 Å². The Morgan fingerprint density at radius 1 is 1.03 bits per heavy atom. The zero-order valence-electron chi connectivity index (χ0n) is 19.8. The largest absolute Gasteiger partial charge is 0.497 e. The molecule has 0 fully saturated rings. The van der Waals surface area contributed by atoms with Crippen LogP contribution in [0, 0.1) is 0 Å². The highest BCUT2D eigenvalue weighted by molar-refractivity contribution is 6.03. The van der Waals surface area contributed by atoms with E-state index in [1.54, 1.807) is 25.3 Å². The number of carbonyl (C=O) groups excluding carboxylic acids is 3. The number of esters is 1. The van der Waals surface area contributed by atoms with Crippen molar-refractivity contribution >= 4 is 29.2 Å². The van der Waals surface area contributed by atoms with E-state index in [1.807, 2.05) is 54.6 Å². The molecule has 1 unspecified atom stereocenters. The summed E-state index contributed by atoms with van der Waals surface area (Å²) < 4.78 is 10.6. The molecule has 2 amide bonds. The lowest BCUT2D eigenvalue weighted by Crippen LogP contribution is -2.31. The second-order valence-electron chi connectivity index (χ2n) is 8.64. The average Bonchev–Trinajstić information content (AvgIpc) is 3.37. The fourth-order valence-corrected chi connectivity index (χ4v) is 4.42. The topological polar surface area (TPSA) is 97.3 Å². The number of hydrazone groups is 1. The third-order valence-corrected chi connectivity index (χ3v) is 6.34. The number of methoxy groups -OCH3 is 1. The monoisotopic (exact) mass is 483 g/mol. The highest BCUT2D eigenvalue weighted by Gasteiger charge is 2.33. The minimum Gasteiger partial charge on any atom is -0.497 e. The van der Waals surface area contributed by atoms with Crippen molar-refractivity contribution in [3.05, 3.63) is 95.1 Å². The normalized spacial score (nSPS) is 16.6. The minimum absolute atomic E-state index is 0.0455. The number of benzene rings is 3. The van der Waals surface area contributed by atoms with Gasteiger partial charge in [0, 0.05) is 18.5 Å². The Labute approximate surface area is 208 Å². The van der Waals surface area contributed by atoms with Gasteiger partial charge in [0.1, 0.15) is 5.75 Å². The molecule has 2 heterocycles. The lowest BCUT2D eigenvalue weighted by molar-refractivity contribution is -0.136. The number of hydrogen-bond acceptors (Lipinski definition) is 6. The molecule has 0 aromatic heterocycles. The van der Waals surface area contributed by atoms with E-state index in [2.05, 4.69) is 10.4 Å². The minimum atomic E-state index is -0.601. The number of fused-ring (bicyclic) bond motifs is 1. The van der Waals surface area contributed by atoms with Crippen LogP contribution in [-0.2, 0) is 20.7 Å². The Hall–Kier alpha value is -4.46. The van der Waals surface area contributed by atoms with Gasteiger partial charge in [0.15, 0.2) is 6.61 Å². The van der Waals surface area contributed by atoms with Crippen LogP contribution in [0.5, 0.6) is 5.75 Å². The number of aryl methyl sites for hydroxylation is 1. The second-order valence-corrected chi connectivity index (χ2v) is 8.64. The summed E-state index contributed by atoms with van der Waals surface area (Å²) in [7, 11) is 1.60. The summed E-state index contributed by atoms with van der Waals surface area (Å²) in [6, 6.07) is 21.8. The lowest BCUT2D eigenvalue weighted by Gasteiger charge is -2.22. The van der Waals surface area contributed by atoms with E-state index in [9.17, 15) is 14.4 Å². The molecule has 0 saturated heterocycles. The average molecular weight is 484 g/mol. The van der Waals surface area contributed by atoms with Gasteiger partial charge in [0.05, 0.1) is 24.4 Å². The summed E-state index contributed by atoms with van der Waals surface area (Å²) in [6.07, 6.45) is 1.45. The first-order valence-corrected chi connectivity index (χ1v) is 11.7. The molecular formula is C28H25N3O5. The quantitative estimate of drug-likeness (QED) is 0.532. The molecule has 5 rings (SSSR count). The van der Waals surface area contributed by atoms with Crippen molar-refractivity contribution in [2.45, 2.75) is 25.3 Å². The predicted octanol–water partition coefficient (Wildman–Crippen LogP) is 4.11. The maximum absolute atomic E-state index is 13.2.